The van der Waals surface area contributed by atoms with Crippen molar-refractivity contribution in [1.29, 1.82) is 0 Å². The van der Waals surface area contributed by atoms with Gasteiger partial charge in [0.15, 0.2) is 0 Å². The van der Waals surface area contributed by atoms with Crippen molar-refractivity contribution in [1.82, 2.24) is 20.1 Å². The molecule has 0 bridgehead atoms. The largest absolute Gasteiger partial charge is 0.508 e. The van der Waals surface area contributed by atoms with Gasteiger partial charge in [0.05, 0.1) is 5.92 Å². The minimum absolute atomic E-state index is 0.0840. The number of piperidine rings is 2. The number of phenolic OH excluding ortho intramolecular Hbond substituents is 1. The summed E-state index contributed by atoms with van der Waals surface area (Å²) in [6, 6.07) is 12.0. The van der Waals surface area contributed by atoms with Gasteiger partial charge in [0.1, 0.15) is 5.75 Å². The molecule has 2 aliphatic heterocycles. The van der Waals surface area contributed by atoms with Gasteiger partial charge in [-0.3, -0.25) is 19.6 Å². The fraction of sp³-hybridized carbons (Fsp3) is 0.500. The standard InChI is InChI=1S/C24H32N4O2/c29-23-7-1-4-19(14-23)17-27-12-8-22(9-13-27)28-11-3-6-21(18-28)24(30)26-16-20-5-2-10-25-15-20/h1-2,4-5,7,10,14-15,21-22,29H,3,6,8-9,11-13,16-18H2,(H,26,30). The second-order valence-corrected chi connectivity index (χ2v) is 8.59. The highest BCUT2D eigenvalue weighted by Gasteiger charge is 2.31. The summed E-state index contributed by atoms with van der Waals surface area (Å²) in [4.78, 5) is 21.8. The number of aromatic nitrogens is 1. The molecule has 1 unspecified atom stereocenters. The van der Waals surface area contributed by atoms with Crippen LogP contribution < -0.4 is 5.32 Å². The van der Waals surface area contributed by atoms with Crippen LogP contribution in [0.15, 0.2) is 48.8 Å². The predicted octanol–water partition coefficient (Wildman–Crippen LogP) is 2.78. The third-order valence-electron chi connectivity index (χ3n) is 6.40. The number of amides is 1. The van der Waals surface area contributed by atoms with Gasteiger partial charge in [0.2, 0.25) is 5.91 Å². The smallest absolute Gasteiger partial charge is 0.224 e. The second kappa shape index (κ2) is 10.0. The van der Waals surface area contributed by atoms with Gasteiger partial charge in [-0.2, -0.15) is 0 Å². The molecule has 1 aromatic heterocycles. The first kappa shape index (κ1) is 20.8. The van der Waals surface area contributed by atoms with Gasteiger partial charge >= 0.3 is 0 Å². The second-order valence-electron chi connectivity index (χ2n) is 8.59. The van der Waals surface area contributed by atoms with E-state index in [0.717, 1.165) is 69.5 Å². The molecule has 1 atom stereocenters. The molecule has 2 N–H and O–H groups in total. The molecule has 2 aromatic rings. The summed E-state index contributed by atoms with van der Waals surface area (Å²) in [6.45, 7) is 5.54. The molecule has 1 amide bonds. The molecule has 2 fully saturated rings. The molecule has 1 aromatic carbocycles. The lowest BCUT2D eigenvalue weighted by molar-refractivity contribution is -0.127. The number of nitrogens with zero attached hydrogens (tertiary/aromatic N) is 3. The number of carbonyl (C=O) groups excluding carboxylic acids is 1. The van der Waals surface area contributed by atoms with Gasteiger partial charge in [0, 0.05) is 38.1 Å². The normalized spacial score (nSPS) is 21.4. The van der Waals surface area contributed by atoms with Crippen molar-refractivity contribution < 1.29 is 9.90 Å². The Kier molecular flexibility index (Phi) is 6.97. The Labute approximate surface area is 178 Å². The van der Waals surface area contributed by atoms with Crippen LogP contribution in [0.5, 0.6) is 5.75 Å². The molecule has 0 saturated carbocycles. The summed E-state index contributed by atoms with van der Waals surface area (Å²) in [5.41, 5.74) is 2.20. The minimum atomic E-state index is 0.0840. The molecule has 2 saturated heterocycles. The van der Waals surface area contributed by atoms with E-state index in [-0.39, 0.29) is 11.8 Å². The van der Waals surface area contributed by atoms with Crippen LogP contribution in [-0.4, -0.2) is 58.0 Å². The topological polar surface area (TPSA) is 68.7 Å². The lowest BCUT2D eigenvalue weighted by atomic mass is 9.93. The van der Waals surface area contributed by atoms with E-state index in [1.54, 1.807) is 18.5 Å². The first-order chi connectivity index (χ1) is 14.7. The third-order valence-corrected chi connectivity index (χ3v) is 6.40. The summed E-state index contributed by atoms with van der Waals surface area (Å²) >= 11 is 0. The Morgan fingerprint density at radius 2 is 1.93 bits per heavy atom. The zero-order valence-electron chi connectivity index (χ0n) is 17.5. The van der Waals surface area contributed by atoms with Crippen molar-refractivity contribution in [2.45, 2.75) is 44.8 Å². The Morgan fingerprint density at radius 3 is 2.70 bits per heavy atom. The van der Waals surface area contributed by atoms with Crippen molar-refractivity contribution in [3.8, 4) is 5.75 Å². The van der Waals surface area contributed by atoms with Gasteiger partial charge < -0.3 is 10.4 Å². The lowest BCUT2D eigenvalue weighted by Gasteiger charge is -2.42. The van der Waals surface area contributed by atoms with E-state index in [2.05, 4.69) is 26.2 Å². The van der Waals surface area contributed by atoms with Crippen LogP contribution in [-0.2, 0) is 17.9 Å². The fourth-order valence-electron chi connectivity index (χ4n) is 4.74. The van der Waals surface area contributed by atoms with Crippen LogP contribution in [0.25, 0.3) is 0 Å². The molecule has 6 heteroatoms. The molecular weight excluding hydrogens is 376 g/mol. The molecule has 30 heavy (non-hydrogen) atoms. The summed E-state index contributed by atoms with van der Waals surface area (Å²) in [7, 11) is 0. The molecule has 4 rings (SSSR count). The fourth-order valence-corrected chi connectivity index (χ4v) is 4.74. The predicted molar refractivity (Wildman–Crippen MR) is 117 cm³/mol. The molecule has 2 aliphatic rings. The first-order valence-electron chi connectivity index (χ1n) is 11.1. The van der Waals surface area contributed by atoms with Crippen molar-refractivity contribution in [3.05, 3.63) is 59.9 Å². The Morgan fingerprint density at radius 1 is 1.10 bits per heavy atom. The third kappa shape index (κ3) is 5.58. The number of rotatable bonds is 6. The Hall–Kier alpha value is -2.44. The monoisotopic (exact) mass is 408 g/mol. The summed E-state index contributed by atoms with van der Waals surface area (Å²) in [5, 5.41) is 12.8. The lowest BCUT2D eigenvalue weighted by Crippen LogP contribution is -2.50. The van der Waals surface area contributed by atoms with E-state index in [9.17, 15) is 9.90 Å². The number of phenols is 1. The van der Waals surface area contributed by atoms with Gasteiger partial charge in [0.25, 0.3) is 0 Å². The van der Waals surface area contributed by atoms with Gasteiger partial charge in [-0.1, -0.05) is 18.2 Å². The van der Waals surface area contributed by atoms with E-state index >= 15 is 0 Å². The number of hydrogen-bond acceptors (Lipinski definition) is 5. The number of likely N-dealkylation sites (tertiary alicyclic amines) is 2. The molecule has 160 valence electrons. The summed E-state index contributed by atoms with van der Waals surface area (Å²) < 4.78 is 0. The molecular formula is C24H32N4O2. The number of carbonyl (C=O) groups is 1. The maximum absolute atomic E-state index is 12.7. The van der Waals surface area contributed by atoms with Crippen molar-refractivity contribution in [3.63, 3.8) is 0 Å². The summed E-state index contributed by atoms with van der Waals surface area (Å²) in [5.74, 6) is 0.592. The van der Waals surface area contributed by atoms with E-state index in [1.165, 1.54) is 0 Å². The van der Waals surface area contributed by atoms with Crippen molar-refractivity contribution in [2.75, 3.05) is 26.2 Å². The van der Waals surface area contributed by atoms with Crippen molar-refractivity contribution >= 4 is 5.91 Å². The molecule has 0 aliphatic carbocycles. The Bertz CT molecular complexity index is 821. The van der Waals surface area contributed by atoms with Crippen LogP contribution in [0, 0.1) is 5.92 Å². The molecule has 0 spiro atoms. The van der Waals surface area contributed by atoms with Crippen LogP contribution in [0.1, 0.15) is 36.8 Å². The van der Waals surface area contributed by atoms with Gasteiger partial charge in [-0.15, -0.1) is 0 Å². The first-order valence-corrected chi connectivity index (χ1v) is 11.1. The van der Waals surface area contributed by atoms with Crippen LogP contribution in [0.3, 0.4) is 0 Å². The molecule has 0 radical (unpaired) electrons. The highest BCUT2D eigenvalue weighted by Crippen LogP contribution is 2.25. The number of nitrogens with one attached hydrogen (secondary N) is 1. The van der Waals surface area contributed by atoms with E-state index in [1.807, 2.05) is 24.3 Å². The molecule has 6 nitrogen and oxygen atoms in total. The zero-order chi connectivity index (χ0) is 20.8. The van der Waals surface area contributed by atoms with Crippen LogP contribution >= 0.6 is 0 Å². The minimum Gasteiger partial charge on any atom is -0.508 e. The maximum atomic E-state index is 12.7. The van der Waals surface area contributed by atoms with Gasteiger partial charge in [-0.05, 0) is 74.6 Å². The average Bonchev–Trinajstić information content (AvgIpc) is 2.79. The average molecular weight is 409 g/mol. The van der Waals surface area contributed by atoms with Gasteiger partial charge in [-0.25, -0.2) is 0 Å². The zero-order valence-corrected chi connectivity index (χ0v) is 17.5. The van der Waals surface area contributed by atoms with E-state index in [4.69, 9.17) is 0 Å². The van der Waals surface area contributed by atoms with E-state index in [0.29, 0.717) is 18.3 Å². The number of benzene rings is 1. The van der Waals surface area contributed by atoms with Crippen molar-refractivity contribution in [2.24, 2.45) is 5.92 Å². The van der Waals surface area contributed by atoms with Crippen LogP contribution in [0.4, 0.5) is 0 Å². The maximum Gasteiger partial charge on any atom is 0.224 e. The number of pyridine rings is 1. The van der Waals surface area contributed by atoms with Crippen LogP contribution in [0.2, 0.25) is 0 Å². The highest BCUT2D eigenvalue weighted by molar-refractivity contribution is 5.78. The molecule has 3 heterocycles. The highest BCUT2D eigenvalue weighted by atomic mass is 16.3. The number of aromatic hydroxyl groups is 1. The quantitative estimate of drug-likeness (QED) is 0.769. The Balaban J connectivity index is 1.23. The van der Waals surface area contributed by atoms with E-state index < -0.39 is 0 Å². The number of hydrogen-bond donors (Lipinski definition) is 2. The SMILES string of the molecule is O=C(NCc1cccnc1)C1CCCN(C2CCN(Cc3cccc(O)c3)CC2)C1. The summed E-state index contributed by atoms with van der Waals surface area (Å²) in [6.07, 6.45) is 7.91.